The van der Waals surface area contributed by atoms with Gasteiger partial charge in [-0.2, -0.15) is 0 Å². The van der Waals surface area contributed by atoms with Crippen molar-refractivity contribution in [1.82, 2.24) is 0 Å². The summed E-state index contributed by atoms with van der Waals surface area (Å²) in [6.45, 7) is 16.1. The molecule has 14 heavy (non-hydrogen) atoms. The van der Waals surface area contributed by atoms with Crippen LogP contribution in [0.5, 0.6) is 0 Å². The number of rotatable bonds is 6. The first-order chi connectivity index (χ1) is 6.30. The summed E-state index contributed by atoms with van der Waals surface area (Å²) >= 11 is 0. The molecule has 1 N–H and O–H groups in total. The first kappa shape index (κ1) is 13.2. The van der Waals surface area contributed by atoms with E-state index in [0.717, 1.165) is 18.4 Å². The minimum absolute atomic E-state index is 0.0458. The summed E-state index contributed by atoms with van der Waals surface area (Å²) in [5.41, 5.74) is 1.55. The molecule has 0 aliphatic carbocycles. The van der Waals surface area contributed by atoms with E-state index in [9.17, 15) is 0 Å². The van der Waals surface area contributed by atoms with Gasteiger partial charge >= 0.3 is 0 Å². The maximum atomic E-state index is 7.80. The highest BCUT2D eigenvalue weighted by Crippen LogP contribution is 2.32. The van der Waals surface area contributed by atoms with Crippen LogP contribution in [0.25, 0.3) is 0 Å². The van der Waals surface area contributed by atoms with Crippen molar-refractivity contribution in [1.29, 1.82) is 5.41 Å². The van der Waals surface area contributed by atoms with Gasteiger partial charge in [0.25, 0.3) is 0 Å². The van der Waals surface area contributed by atoms with E-state index in [2.05, 4.69) is 33.9 Å². The average molecular weight is 193 g/mol. The second kappa shape index (κ2) is 5.14. The monoisotopic (exact) mass is 193 g/mol. The standard InChI is InChI=1S/C13H23N/c1-7-13(6,8-10(2)3)9-12(14)11(4)5/h7,10,14H,1,4,8-9H2,2-3,5-6H3/t13-/m1/s1. The van der Waals surface area contributed by atoms with Crippen LogP contribution >= 0.6 is 0 Å². The molecule has 0 rings (SSSR count). The van der Waals surface area contributed by atoms with Crippen molar-refractivity contribution in [2.24, 2.45) is 11.3 Å². The molecule has 0 aliphatic heterocycles. The molecule has 0 saturated heterocycles. The van der Waals surface area contributed by atoms with Crippen LogP contribution in [0.15, 0.2) is 24.8 Å². The molecule has 0 saturated carbocycles. The molecule has 0 aromatic heterocycles. The van der Waals surface area contributed by atoms with E-state index in [4.69, 9.17) is 5.41 Å². The second-order valence-electron chi connectivity index (χ2n) is 4.89. The molecule has 0 fully saturated rings. The van der Waals surface area contributed by atoms with Crippen molar-refractivity contribution < 1.29 is 0 Å². The molecule has 0 radical (unpaired) electrons. The summed E-state index contributed by atoms with van der Waals surface area (Å²) in [6, 6.07) is 0. The van der Waals surface area contributed by atoms with Gasteiger partial charge in [0.2, 0.25) is 0 Å². The van der Waals surface area contributed by atoms with Crippen LogP contribution in [-0.4, -0.2) is 5.71 Å². The Balaban J connectivity index is 4.47. The number of hydrogen-bond donors (Lipinski definition) is 1. The van der Waals surface area contributed by atoms with E-state index in [0.29, 0.717) is 11.6 Å². The van der Waals surface area contributed by atoms with E-state index in [1.165, 1.54) is 0 Å². The number of allylic oxidation sites excluding steroid dienone is 2. The van der Waals surface area contributed by atoms with Crippen LogP contribution in [0.2, 0.25) is 0 Å². The van der Waals surface area contributed by atoms with Gasteiger partial charge in [-0.25, -0.2) is 0 Å². The third-order valence-corrected chi connectivity index (χ3v) is 2.46. The van der Waals surface area contributed by atoms with E-state index in [1.54, 1.807) is 0 Å². The first-order valence-electron chi connectivity index (χ1n) is 5.17. The lowest BCUT2D eigenvalue weighted by Crippen LogP contribution is -2.20. The molecule has 1 heteroatoms. The van der Waals surface area contributed by atoms with Gasteiger partial charge in [0.15, 0.2) is 0 Å². The Morgan fingerprint density at radius 2 is 2.00 bits per heavy atom. The lowest BCUT2D eigenvalue weighted by atomic mass is 9.77. The molecule has 0 aliphatic rings. The summed E-state index contributed by atoms with van der Waals surface area (Å²) in [6.07, 6.45) is 3.81. The maximum Gasteiger partial charge on any atom is 0.0345 e. The fourth-order valence-corrected chi connectivity index (χ4v) is 1.72. The van der Waals surface area contributed by atoms with E-state index >= 15 is 0 Å². The van der Waals surface area contributed by atoms with Crippen molar-refractivity contribution in [2.45, 2.75) is 40.5 Å². The van der Waals surface area contributed by atoms with Crippen LogP contribution in [0.4, 0.5) is 0 Å². The van der Waals surface area contributed by atoms with Crippen LogP contribution in [0, 0.1) is 16.7 Å². The summed E-state index contributed by atoms with van der Waals surface area (Å²) in [4.78, 5) is 0. The van der Waals surface area contributed by atoms with Gasteiger partial charge < -0.3 is 5.41 Å². The van der Waals surface area contributed by atoms with Crippen molar-refractivity contribution in [3.63, 3.8) is 0 Å². The van der Waals surface area contributed by atoms with Crippen molar-refractivity contribution in [3.8, 4) is 0 Å². The van der Waals surface area contributed by atoms with Gasteiger partial charge in [0.05, 0.1) is 0 Å². The first-order valence-corrected chi connectivity index (χ1v) is 5.17. The summed E-state index contributed by atoms with van der Waals surface area (Å²) in [7, 11) is 0. The zero-order valence-corrected chi connectivity index (χ0v) is 9.98. The highest BCUT2D eigenvalue weighted by atomic mass is 14.4. The van der Waals surface area contributed by atoms with Crippen LogP contribution in [0.3, 0.4) is 0 Å². The van der Waals surface area contributed by atoms with Crippen LogP contribution in [-0.2, 0) is 0 Å². The minimum atomic E-state index is 0.0458. The molecule has 0 spiro atoms. The SMILES string of the molecule is C=C[C@@](C)(CC(=N)C(=C)C)CC(C)C. The molecule has 0 bridgehead atoms. The summed E-state index contributed by atoms with van der Waals surface area (Å²) < 4.78 is 0. The second-order valence-corrected chi connectivity index (χ2v) is 4.89. The van der Waals surface area contributed by atoms with Crippen molar-refractivity contribution in [2.75, 3.05) is 0 Å². The maximum absolute atomic E-state index is 7.80. The topological polar surface area (TPSA) is 23.9 Å². The molecule has 0 aromatic rings. The molecule has 0 amide bonds. The summed E-state index contributed by atoms with van der Waals surface area (Å²) in [5.74, 6) is 0.635. The largest absolute Gasteiger partial charge is 0.305 e. The fourth-order valence-electron chi connectivity index (χ4n) is 1.72. The zero-order chi connectivity index (χ0) is 11.4. The number of nitrogens with one attached hydrogen (secondary N) is 1. The third kappa shape index (κ3) is 4.40. The quantitative estimate of drug-likeness (QED) is 0.482. The molecular weight excluding hydrogens is 170 g/mol. The Hall–Kier alpha value is -0.850. The smallest absolute Gasteiger partial charge is 0.0345 e. The third-order valence-electron chi connectivity index (χ3n) is 2.46. The molecular formula is C13H23N. The van der Waals surface area contributed by atoms with E-state index in [1.807, 2.05) is 13.0 Å². The van der Waals surface area contributed by atoms with Gasteiger partial charge in [-0.15, -0.1) is 6.58 Å². The zero-order valence-electron chi connectivity index (χ0n) is 9.98. The highest BCUT2D eigenvalue weighted by Gasteiger charge is 2.23. The minimum Gasteiger partial charge on any atom is -0.305 e. The Morgan fingerprint density at radius 1 is 1.50 bits per heavy atom. The van der Waals surface area contributed by atoms with Gasteiger partial charge in [0.1, 0.15) is 0 Å². The molecule has 0 unspecified atom stereocenters. The molecule has 1 nitrogen and oxygen atoms in total. The molecule has 80 valence electrons. The number of hydrogen-bond acceptors (Lipinski definition) is 1. The lowest BCUT2D eigenvalue weighted by Gasteiger charge is -2.28. The fraction of sp³-hybridized carbons (Fsp3) is 0.615. The van der Waals surface area contributed by atoms with E-state index < -0.39 is 0 Å². The Morgan fingerprint density at radius 3 is 2.29 bits per heavy atom. The van der Waals surface area contributed by atoms with Gasteiger partial charge in [-0.3, -0.25) is 0 Å². The van der Waals surface area contributed by atoms with Crippen molar-refractivity contribution >= 4 is 5.71 Å². The average Bonchev–Trinajstić information content (AvgIpc) is 2.02. The predicted octanol–water partition coefficient (Wildman–Crippen LogP) is 4.21. The Kier molecular flexibility index (Phi) is 4.82. The Labute approximate surface area is 88.4 Å². The van der Waals surface area contributed by atoms with Crippen LogP contribution in [0.1, 0.15) is 40.5 Å². The Bertz CT molecular complexity index is 238. The lowest BCUT2D eigenvalue weighted by molar-refractivity contribution is 0.345. The normalized spacial score (nSPS) is 14.9. The van der Waals surface area contributed by atoms with Gasteiger partial charge in [-0.1, -0.05) is 33.4 Å². The molecule has 0 aromatic carbocycles. The molecule has 1 atom stereocenters. The highest BCUT2D eigenvalue weighted by molar-refractivity contribution is 5.97. The van der Waals surface area contributed by atoms with Gasteiger partial charge in [0, 0.05) is 5.71 Å². The predicted molar refractivity (Wildman–Crippen MR) is 64.9 cm³/mol. The van der Waals surface area contributed by atoms with E-state index in [-0.39, 0.29) is 5.41 Å². The molecule has 0 heterocycles. The van der Waals surface area contributed by atoms with Crippen molar-refractivity contribution in [3.05, 3.63) is 24.8 Å². The van der Waals surface area contributed by atoms with Crippen LogP contribution < -0.4 is 0 Å². The van der Waals surface area contributed by atoms with Gasteiger partial charge in [-0.05, 0) is 36.7 Å². The summed E-state index contributed by atoms with van der Waals surface area (Å²) in [5, 5.41) is 7.80.